The van der Waals surface area contributed by atoms with Gasteiger partial charge in [-0.05, 0) is 0 Å². The summed E-state index contributed by atoms with van der Waals surface area (Å²) in [5, 5.41) is 8.50. The van der Waals surface area contributed by atoms with Crippen LogP contribution in [-0.4, -0.2) is 9.55 Å². The summed E-state index contributed by atoms with van der Waals surface area (Å²) in [6, 6.07) is 1.79. The van der Waals surface area contributed by atoms with Crippen LogP contribution >= 0.6 is 0 Å². The minimum absolute atomic E-state index is 0.0923. The van der Waals surface area contributed by atoms with E-state index in [0.717, 1.165) is 0 Å². The summed E-state index contributed by atoms with van der Waals surface area (Å²) in [7, 11) is 1.62. The molecule has 0 atom stereocenters. The normalized spacial score (nSPS) is 9.42. The summed E-state index contributed by atoms with van der Waals surface area (Å²) in [5.41, 5.74) is -0.181. The monoisotopic (exact) mass is 163 g/mol. The van der Waals surface area contributed by atoms with Gasteiger partial charge in [-0.2, -0.15) is 5.26 Å². The zero-order valence-corrected chi connectivity index (χ0v) is 7.03. The van der Waals surface area contributed by atoms with E-state index in [9.17, 15) is 4.79 Å². The lowest BCUT2D eigenvalue weighted by Crippen LogP contribution is -2.23. The average molecular weight is 163 g/mol. The minimum Gasteiger partial charge on any atom is -0.299 e. The van der Waals surface area contributed by atoms with Crippen LogP contribution in [0.2, 0.25) is 0 Å². The molecule has 62 valence electrons. The van der Waals surface area contributed by atoms with Crippen molar-refractivity contribution >= 4 is 0 Å². The highest BCUT2D eigenvalue weighted by molar-refractivity contribution is 5.22. The smallest absolute Gasteiger partial charge is 0.271 e. The molecule has 0 aliphatic rings. The number of nitriles is 1. The summed E-state index contributed by atoms with van der Waals surface area (Å²) in [4.78, 5) is 15.2. The molecular formula is C8H9N3O. The van der Waals surface area contributed by atoms with Gasteiger partial charge < -0.3 is 0 Å². The predicted octanol–water partition coefficient (Wildman–Crippen LogP) is 0.214. The summed E-state index contributed by atoms with van der Waals surface area (Å²) in [6.45, 7) is 1.91. The fraction of sp³-hybridized carbons (Fsp3) is 0.375. The van der Waals surface area contributed by atoms with Gasteiger partial charge in [0.1, 0.15) is 17.5 Å². The molecule has 0 radical (unpaired) electrons. The lowest BCUT2D eigenvalue weighted by molar-refractivity contribution is 0.733. The molecule has 0 unspecified atom stereocenters. The SMILES string of the molecule is CCc1ncc(C#N)c(=O)n1C. The second-order valence-corrected chi connectivity index (χ2v) is 2.42. The average Bonchev–Trinajstić information content (AvgIpc) is 2.10. The van der Waals surface area contributed by atoms with E-state index in [2.05, 4.69) is 4.98 Å². The Hall–Kier alpha value is -1.63. The van der Waals surface area contributed by atoms with Gasteiger partial charge in [0, 0.05) is 13.5 Å². The molecule has 0 saturated carbocycles. The summed E-state index contributed by atoms with van der Waals surface area (Å²) < 4.78 is 1.40. The fourth-order valence-corrected chi connectivity index (χ4v) is 0.984. The van der Waals surface area contributed by atoms with Gasteiger partial charge in [0.25, 0.3) is 5.56 Å². The van der Waals surface area contributed by atoms with Gasteiger partial charge in [-0.15, -0.1) is 0 Å². The van der Waals surface area contributed by atoms with Crippen LogP contribution in [0.15, 0.2) is 11.0 Å². The first-order chi connectivity index (χ1) is 5.70. The maximum absolute atomic E-state index is 11.3. The molecule has 0 aliphatic carbocycles. The highest BCUT2D eigenvalue weighted by Crippen LogP contribution is 1.92. The Morgan fingerprint density at radius 3 is 2.92 bits per heavy atom. The first kappa shape index (κ1) is 8.47. The molecule has 0 bridgehead atoms. The molecule has 0 aliphatic heterocycles. The van der Waals surface area contributed by atoms with Crippen LogP contribution in [0.25, 0.3) is 0 Å². The second kappa shape index (κ2) is 3.18. The Balaban J connectivity index is 3.43. The third-order valence-corrected chi connectivity index (χ3v) is 1.70. The quantitative estimate of drug-likeness (QED) is 0.594. The van der Waals surface area contributed by atoms with Crippen molar-refractivity contribution in [2.75, 3.05) is 0 Å². The van der Waals surface area contributed by atoms with Crippen LogP contribution < -0.4 is 5.56 Å². The highest BCUT2D eigenvalue weighted by Gasteiger charge is 2.03. The zero-order valence-electron chi connectivity index (χ0n) is 7.03. The molecule has 1 aromatic rings. The van der Waals surface area contributed by atoms with Gasteiger partial charge in [0.05, 0.1) is 6.20 Å². The number of hydrogen-bond acceptors (Lipinski definition) is 3. The Morgan fingerprint density at radius 1 is 1.75 bits per heavy atom. The largest absolute Gasteiger partial charge is 0.299 e. The van der Waals surface area contributed by atoms with Crippen LogP contribution in [0, 0.1) is 11.3 Å². The first-order valence-corrected chi connectivity index (χ1v) is 3.65. The van der Waals surface area contributed by atoms with Gasteiger partial charge in [0.15, 0.2) is 0 Å². The lowest BCUT2D eigenvalue weighted by atomic mass is 10.3. The molecule has 4 heteroatoms. The van der Waals surface area contributed by atoms with Crippen LogP contribution in [0.1, 0.15) is 18.3 Å². The third-order valence-electron chi connectivity index (χ3n) is 1.70. The lowest BCUT2D eigenvalue weighted by Gasteiger charge is -2.02. The van der Waals surface area contributed by atoms with Crippen molar-refractivity contribution in [1.29, 1.82) is 5.26 Å². The van der Waals surface area contributed by atoms with Crippen molar-refractivity contribution in [1.82, 2.24) is 9.55 Å². The Kier molecular flexibility index (Phi) is 2.24. The number of hydrogen-bond donors (Lipinski definition) is 0. The standard InChI is InChI=1S/C8H9N3O/c1-3-7-10-5-6(4-9)8(12)11(7)2/h5H,3H2,1-2H3. The van der Waals surface area contributed by atoms with Gasteiger partial charge >= 0.3 is 0 Å². The topological polar surface area (TPSA) is 58.7 Å². The molecule has 12 heavy (non-hydrogen) atoms. The maximum Gasteiger partial charge on any atom is 0.271 e. The first-order valence-electron chi connectivity index (χ1n) is 3.65. The van der Waals surface area contributed by atoms with E-state index in [1.807, 2.05) is 6.92 Å². The maximum atomic E-state index is 11.3. The molecule has 0 fully saturated rings. The second-order valence-electron chi connectivity index (χ2n) is 2.42. The molecule has 1 heterocycles. The van der Waals surface area contributed by atoms with Crippen molar-refractivity contribution in [2.45, 2.75) is 13.3 Å². The van der Waals surface area contributed by atoms with E-state index in [-0.39, 0.29) is 11.1 Å². The minimum atomic E-state index is -0.274. The fourth-order valence-electron chi connectivity index (χ4n) is 0.984. The molecule has 0 N–H and O–H groups in total. The van der Waals surface area contributed by atoms with E-state index >= 15 is 0 Å². The third kappa shape index (κ3) is 1.21. The van der Waals surface area contributed by atoms with Crippen molar-refractivity contribution < 1.29 is 0 Å². The van der Waals surface area contributed by atoms with Crippen LogP contribution in [0.3, 0.4) is 0 Å². The molecule has 0 amide bonds. The van der Waals surface area contributed by atoms with Crippen LogP contribution in [0.4, 0.5) is 0 Å². The molecule has 4 nitrogen and oxygen atoms in total. The van der Waals surface area contributed by atoms with Gasteiger partial charge in [-0.25, -0.2) is 4.98 Å². The number of nitrogens with zero attached hydrogens (tertiary/aromatic N) is 3. The van der Waals surface area contributed by atoms with Gasteiger partial charge in [-0.1, -0.05) is 6.92 Å². The van der Waals surface area contributed by atoms with Crippen molar-refractivity contribution in [2.24, 2.45) is 7.05 Å². The van der Waals surface area contributed by atoms with E-state index in [4.69, 9.17) is 5.26 Å². The van der Waals surface area contributed by atoms with E-state index in [1.165, 1.54) is 10.8 Å². The molecule has 1 aromatic heterocycles. The molecule has 0 aromatic carbocycles. The van der Waals surface area contributed by atoms with E-state index in [0.29, 0.717) is 12.2 Å². The van der Waals surface area contributed by atoms with E-state index in [1.54, 1.807) is 13.1 Å². The van der Waals surface area contributed by atoms with Crippen LogP contribution in [-0.2, 0) is 13.5 Å². The number of aromatic nitrogens is 2. The molecular weight excluding hydrogens is 154 g/mol. The van der Waals surface area contributed by atoms with Gasteiger partial charge in [0.2, 0.25) is 0 Å². The summed E-state index contributed by atoms with van der Waals surface area (Å²) in [6.07, 6.45) is 2.01. The zero-order chi connectivity index (χ0) is 9.14. The molecule has 0 spiro atoms. The Labute approximate surface area is 70.1 Å². The highest BCUT2D eigenvalue weighted by atomic mass is 16.1. The predicted molar refractivity (Wildman–Crippen MR) is 43.6 cm³/mol. The Bertz CT molecular complexity index is 386. The van der Waals surface area contributed by atoms with Crippen molar-refractivity contribution in [3.63, 3.8) is 0 Å². The Morgan fingerprint density at radius 2 is 2.42 bits per heavy atom. The van der Waals surface area contributed by atoms with Gasteiger partial charge in [-0.3, -0.25) is 9.36 Å². The molecule has 1 rings (SSSR count). The van der Waals surface area contributed by atoms with Crippen molar-refractivity contribution in [3.05, 3.63) is 27.9 Å². The van der Waals surface area contributed by atoms with Crippen molar-refractivity contribution in [3.8, 4) is 6.07 Å². The van der Waals surface area contributed by atoms with E-state index < -0.39 is 0 Å². The van der Waals surface area contributed by atoms with Crippen LogP contribution in [0.5, 0.6) is 0 Å². The summed E-state index contributed by atoms with van der Waals surface area (Å²) in [5.74, 6) is 0.694. The number of rotatable bonds is 1. The molecule has 0 saturated heterocycles. The number of aryl methyl sites for hydroxylation is 1. The summed E-state index contributed by atoms with van der Waals surface area (Å²) >= 11 is 0.